The summed E-state index contributed by atoms with van der Waals surface area (Å²) in [5, 5.41) is 14.6. The number of nitrogens with one attached hydrogen (secondary N) is 3. The number of benzene rings is 1. The molecule has 0 spiro atoms. The quantitative estimate of drug-likeness (QED) is 0.210. The molecule has 5 heterocycles. The molecule has 1 aliphatic rings. The first-order chi connectivity index (χ1) is 18.7. The van der Waals surface area contributed by atoms with Crippen LogP contribution in [0, 0.1) is 5.92 Å². The molecule has 0 radical (unpaired) electrons. The number of aromatic amines is 2. The Kier molecular flexibility index (Phi) is 5.89. The fraction of sp³-hybridized carbons (Fsp3) is 0.267. The first-order valence-corrected chi connectivity index (χ1v) is 14.2. The van der Waals surface area contributed by atoms with Gasteiger partial charge in [0.15, 0.2) is 5.82 Å². The zero-order valence-electron chi connectivity index (χ0n) is 21.2. The van der Waals surface area contributed by atoms with Crippen molar-refractivity contribution in [2.45, 2.75) is 45.1 Å². The zero-order chi connectivity index (χ0) is 25.5. The highest BCUT2D eigenvalue weighted by atomic mass is 32.1. The molecule has 38 heavy (non-hydrogen) atoms. The Morgan fingerprint density at radius 2 is 1.84 bits per heavy atom. The van der Waals surface area contributed by atoms with Crippen molar-refractivity contribution in [3.63, 3.8) is 0 Å². The van der Waals surface area contributed by atoms with Gasteiger partial charge in [-0.05, 0) is 60.9 Å². The molecule has 8 heteroatoms. The topological polar surface area (TPSA) is 95.2 Å². The van der Waals surface area contributed by atoms with Crippen LogP contribution in [0.4, 0.5) is 5.69 Å². The van der Waals surface area contributed by atoms with Crippen LogP contribution in [0.25, 0.3) is 55.0 Å². The van der Waals surface area contributed by atoms with Gasteiger partial charge < -0.3 is 10.3 Å². The van der Waals surface area contributed by atoms with E-state index in [2.05, 4.69) is 73.1 Å². The molecule has 1 aromatic carbocycles. The second kappa shape index (κ2) is 9.68. The molecule has 0 aliphatic heterocycles. The molecule has 1 saturated carbocycles. The maximum atomic E-state index is 4.96. The third-order valence-corrected chi connectivity index (χ3v) is 8.69. The first-order valence-electron chi connectivity index (χ1n) is 13.3. The molecule has 5 aromatic heterocycles. The third kappa shape index (κ3) is 4.24. The molecule has 1 atom stereocenters. The summed E-state index contributed by atoms with van der Waals surface area (Å²) >= 11 is 1.69. The van der Waals surface area contributed by atoms with Crippen LogP contribution in [0.15, 0.2) is 66.6 Å². The summed E-state index contributed by atoms with van der Waals surface area (Å²) in [6, 6.07) is 13.2. The molecule has 1 aliphatic carbocycles. The molecular formula is C30H29N7S. The fourth-order valence-electron chi connectivity index (χ4n) is 5.72. The van der Waals surface area contributed by atoms with E-state index in [1.54, 1.807) is 11.3 Å². The van der Waals surface area contributed by atoms with Crippen LogP contribution < -0.4 is 5.32 Å². The number of hydrogen-bond acceptors (Lipinski definition) is 6. The van der Waals surface area contributed by atoms with Gasteiger partial charge in [0.1, 0.15) is 11.2 Å². The van der Waals surface area contributed by atoms with Crippen molar-refractivity contribution in [3.05, 3.63) is 66.6 Å². The van der Waals surface area contributed by atoms with E-state index < -0.39 is 0 Å². The number of H-pyrrole nitrogens is 2. The van der Waals surface area contributed by atoms with E-state index in [1.807, 2.05) is 30.9 Å². The molecule has 1 unspecified atom stereocenters. The molecule has 190 valence electrons. The largest absolute Gasteiger partial charge is 0.381 e. The number of hydrogen-bond donors (Lipinski definition) is 3. The Morgan fingerprint density at radius 3 is 2.71 bits per heavy atom. The molecule has 0 amide bonds. The van der Waals surface area contributed by atoms with Gasteiger partial charge in [0.25, 0.3) is 0 Å². The maximum Gasteiger partial charge on any atom is 0.159 e. The normalized spacial score (nSPS) is 15.3. The summed E-state index contributed by atoms with van der Waals surface area (Å²) in [7, 11) is 0. The zero-order valence-corrected chi connectivity index (χ0v) is 22.1. The van der Waals surface area contributed by atoms with E-state index in [1.165, 1.54) is 32.1 Å². The van der Waals surface area contributed by atoms with E-state index in [-0.39, 0.29) is 0 Å². The van der Waals surface area contributed by atoms with Crippen molar-refractivity contribution < 1.29 is 0 Å². The number of imidazole rings is 1. The van der Waals surface area contributed by atoms with Gasteiger partial charge in [0, 0.05) is 46.0 Å². The van der Waals surface area contributed by atoms with Crippen molar-refractivity contribution in [2.75, 3.05) is 5.32 Å². The standard InChI is InChI=1S/C30H29N7S/c1-18(19-6-3-2-4-7-19)33-22-12-21(14-31-15-22)20-9-10-25-23(13-20)29(37-36-25)30-34-26-17-32-16-24(28(26)35-30)27-8-5-11-38-27/h5,8-19,33H,2-4,6-7H2,1H3,(H,34,35)(H,36,37). The Hall–Kier alpha value is -4.04. The SMILES string of the molecule is CC(Nc1cncc(-c2ccc3[nH]nc(-c4nc5c(-c6cccs6)cncc5[nH]4)c3c2)c1)C1CCCCC1. The number of thiophene rings is 1. The van der Waals surface area contributed by atoms with Gasteiger partial charge in [-0.3, -0.25) is 15.1 Å². The minimum Gasteiger partial charge on any atom is -0.381 e. The Balaban J connectivity index is 1.22. The van der Waals surface area contributed by atoms with E-state index in [9.17, 15) is 0 Å². The monoisotopic (exact) mass is 519 g/mol. The van der Waals surface area contributed by atoms with Crippen LogP contribution in [0.3, 0.4) is 0 Å². The number of aromatic nitrogens is 6. The molecule has 7 nitrogen and oxygen atoms in total. The summed E-state index contributed by atoms with van der Waals surface area (Å²) in [4.78, 5) is 18.5. The lowest BCUT2D eigenvalue weighted by molar-refractivity contribution is 0.328. The molecule has 7 rings (SSSR count). The lowest BCUT2D eigenvalue weighted by Crippen LogP contribution is -2.27. The second-order valence-corrected chi connectivity index (χ2v) is 11.2. The van der Waals surface area contributed by atoms with Crippen LogP contribution in [0.5, 0.6) is 0 Å². The van der Waals surface area contributed by atoms with E-state index in [4.69, 9.17) is 4.98 Å². The highest BCUT2D eigenvalue weighted by Gasteiger charge is 2.20. The highest BCUT2D eigenvalue weighted by Crippen LogP contribution is 2.34. The fourth-order valence-corrected chi connectivity index (χ4v) is 6.46. The van der Waals surface area contributed by atoms with E-state index >= 15 is 0 Å². The van der Waals surface area contributed by atoms with Gasteiger partial charge in [0.05, 0.1) is 22.9 Å². The Bertz CT molecular complexity index is 1710. The lowest BCUT2D eigenvalue weighted by atomic mass is 9.84. The highest BCUT2D eigenvalue weighted by molar-refractivity contribution is 7.13. The smallest absolute Gasteiger partial charge is 0.159 e. The van der Waals surface area contributed by atoms with Crippen LogP contribution in [0.1, 0.15) is 39.0 Å². The molecule has 1 fully saturated rings. The number of nitrogens with zero attached hydrogens (tertiary/aromatic N) is 4. The van der Waals surface area contributed by atoms with Crippen molar-refractivity contribution in [1.82, 2.24) is 30.1 Å². The molecule has 0 saturated heterocycles. The van der Waals surface area contributed by atoms with Crippen LogP contribution in [0.2, 0.25) is 0 Å². The van der Waals surface area contributed by atoms with Crippen LogP contribution >= 0.6 is 11.3 Å². The summed E-state index contributed by atoms with van der Waals surface area (Å²) in [6.45, 7) is 2.30. The average molecular weight is 520 g/mol. The lowest BCUT2D eigenvalue weighted by Gasteiger charge is -2.29. The number of pyridine rings is 2. The minimum atomic E-state index is 0.442. The van der Waals surface area contributed by atoms with E-state index in [0.717, 1.165) is 66.6 Å². The molecular weight excluding hydrogens is 490 g/mol. The predicted molar refractivity (Wildman–Crippen MR) is 155 cm³/mol. The van der Waals surface area contributed by atoms with Gasteiger partial charge in [-0.2, -0.15) is 5.10 Å². The molecule has 0 bridgehead atoms. The van der Waals surface area contributed by atoms with Gasteiger partial charge in [0.2, 0.25) is 0 Å². The Morgan fingerprint density at radius 1 is 0.947 bits per heavy atom. The van der Waals surface area contributed by atoms with Gasteiger partial charge in [-0.1, -0.05) is 31.4 Å². The number of anilines is 1. The maximum absolute atomic E-state index is 4.96. The first kappa shape index (κ1) is 23.1. The van der Waals surface area contributed by atoms with Crippen molar-refractivity contribution >= 4 is 39.0 Å². The minimum absolute atomic E-state index is 0.442. The van der Waals surface area contributed by atoms with Gasteiger partial charge >= 0.3 is 0 Å². The van der Waals surface area contributed by atoms with Crippen molar-refractivity contribution in [3.8, 4) is 33.1 Å². The second-order valence-electron chi connectivity index (χ2n) is 10.3. The predicted octanol–water partition coefficient (Wildman–Crippen LogP) is 7.67. The average Bonchev–Trinajstić information content (AvgIpc) is 3.73. The van der Waals surface area contributed by atoms with Crippen LogP contribution in [-0.2, 0) is 0 Å². The number of fused-ring (bicyclic) bond motifs is 2. The summed E-state index contributed by atoms with van der Waals surface area (Å²) < 4.78 is 0. The van der Waals surface area contributed by atoms with Crippen LogP contribution in [-0.4, -0.2) is 36.2 Å². The van der Waals surface area contributed by atoms with Gasteiger partial charge in [-0.15, -0.1) is 11.3 Å². The third-order valence-electron chi connectivity index (χ3n) is 7.79. The van der Waals surface area contributed by atoms with E-state index in [0.29, 0.717) is 6.04 Å². The van der Waals surface area contributed by atoms with Crippen molar-refractivity contribution in [2.24, 2.45) is 5.92 Å². The summed E-state index contributed by atoms with van der Waals surface area (Å²) in [5.41, 5.74) is 7.83. The molecule has 6 aromatic rings. The summed E-state index contributed by atoms with van der Waals surface area (Å²) in [5.74, 6) is 1.46. The molecule has 3 N–H and O–H groups in total. The summed E-state index contributed by atoms with van der Waals surface area (Å²) in [6.07, 6.45) is 14.2. The number of rotatable bonds is 6. The van der Waals surface area contributed by atoms with Crippen molar-refractivity contribution in [1.29, 1.82) is 0 Å². The Labute approximate surface area is 224 Å². The van der Waals surface area contributed by atoms with Gasteiger partial charge in [-0.25, -0.2) is 4.98 Å².